The Hall–Kier alpha value is -2.32. The summed E-state index contributed by atoms with van der Waals surface area (Å²) in [4.78, 5) is 10.3. The number of hydrogen-bond donors (Lipinski definition) is 0. The molecular weight excluding hydrogens is 288 g/mol. The van der Waals surface area contributed by atoms with Gasteiger partial charge < -0.3 is 9.64 Å². The van der Waals surface area contributed by atoms with Gasteiger partial charge in [0.15, 0.2) is 5.82 Å². The summed E-state index contributed by atoms with van der Waals surface area (Å²) < 4.78 is 5.62. The molecule has 108 valence electrons. The van der Waals surface area contributed by atoms with E-state index in [-0.39, 0.29) is 0 Å². The Morgan fingerprint density at radius 2 is 2.24 bits per heavy atom. The maximum absolute atomic E-state index is 8.60. The van der Waals surface area contributed by atoms with Gasteiger partial charge in [0.25, 0.3) is 0 Å². The van der Waals surface area contributed by atoms with Crippen LogP contribution >= 0.6 is 11.6 Å². The molecule has 0 atom stereocenters. The summed E-state index contributed by atoms with van der Waals surface area (Å²) in [6.45, 7) is 0.976. The maximum Gasteiger partial charge on any atom is 0.234 e. The zero-order valence-electron chi connectivity index (χ0n) is 11.7. The summed E-state index contributed by atoms with van der Waals surface area (Å²) in [5.74, 6) is 1.12. The van der Waals surface area contributed by atoms with E-state index in [0.29, 0.717) is 36.3 Å². The molecule has 0 spiro atoms. The SMILES string of the molecule is CN(CCC#N)c1cncc(OCc2cccc(Cl)c2)n1. The second-order valence-corrected chi connectivity index (χ2v) is 4.90. The van der Waals surface area contributed by atoms with Crippen LogP contribution in [0.1, 0.15) is 12.0 Å². The van der Waals surface area contributed by atoms with E-state index in [1.54, 1.807) is 12.4 Å². The second-order valence-electron chi connectivity index (χ2n) is 4.46. The van der Waals surface area contributed by atoms with Crippen LogP contribution in [0.2, 0.25) is 5.02 Å². The van der Waals surface area contributed by atoms with Crippen molar-refractivity contribution >= 4 is 17.4 Å². The lowest BCUT2D eigenvalue weighted by Crippen LogP contribution is -2.19. The van der Waals surface area contributed by atoms with Crippen molar-refractivity contribution in [2.45, 2.75) is 13.0 Å². The Labute approximate surface area is 128 Å². The Morgan fingerprint density at radius 3 is 3.00 bits per heavy atom. The van der Waals surface area contributed by atoms with Crippen molar-refractivity contribution in [1.82, 2.24) is 9.97 Å². The first-order chi connectivity index (χ1) is 10.2. The van der Waals surface area contributed by atoms with Gasteiger partial charge in [0.1, 0.15) is 6.61 Å². The molecule has 0 unspecified atom stereocenters. The minimum Gasteiger partial charge on any atom is -0.472 e. The molecule has 1 heterocycles. The standard InChI is InChI=1S/C15H15ClN4O/c1-20(7-3-6-17)14-9-18-10-15(19-14)21-11-12-4-2-5-13(16)8-12/h2,4-5,8-10H,3,7,11H2,1H3. The lowest BCUT2D eigenvalue weighted by molar-refractivity contribution is 0.292. The third kappa shape index (κ3) is 4.62. The fourth-order valence-electron chi connectivity index (χ4n) is 1.71. The Bertz CT molecular complexity index is 642. The van der Waals surface area contributed by atoms with Gasteiger partial charge in [-0.25, -0.2) is 0 Å². The average Bonchev–Trinajstić information content (AvgIpc) is 2.51. The van der Waals surface area contributed by atoms with Gasteiger partial charge in [-0.15, -0.1) is 0 Å². The number of anilines is 1. The van der Waals surface area contributed by atoms with Gasteiger partial charge in [-0.3, -0.25) is 4.98 Å². The number of nitrogens with zero attached hydrogens (tertiary/aromatic N) is 4. The van der Waals surface area contributed by atoms with E-state index in [2.05, 4.69) is 16.0 Å². The smallest absolute Gasteiger partial charge is 0.234 e. The quantitative estimate of drug-likeness (QED) is 0.820. The molecule has 0 amide bonds. The predicted octanol–water partition coefficient (Wildman–Crippen LogP) is 3.06. The molecule has 0 aliphatic heterocycles. The molecule has 2 rings (SSSR count). The van der Waals surface area contributed by atoms with Crippen molar-refractivity contribution in [3.8, 4) is 11.9 Å². The van der Waals surface area contributed by atoms with Crippen LogP contribution in [0.4, 0.5) is 5.82 Å². The molecular formula is C15H15ClN4O. The minimum atomic E-state index is 0.376. The molecule has 0 aliphatic carbocycles. The van der Waals surface area contributed by atoms with E-state index in [1.807, 2.05) is 36.2 Å². The molecule has 1 aromatic heterocycles. The van der Waals surface area contributed by atoms with E-state index in [9.17, 15) is 0 Å². The van der Waals surface area contributed by atoms with E-state index < -0.39 is 0 Å². The number of rotatable bonds is 6. The number of benzene rings is 1. The van der Waals surface area contributed by atoms with Gasteiger partial charge in [-0.1, -0.05) is 23.7 Å². The van der Waals surface area contributed by atoms with Gasteiger partial charge in [0, 0.05) is 18.6 Å². The Kier molecular flexibility index (Phi) is 5.35. The summed E-state index contributed by atoms with van der Waals surface area (Å²) in [6, 6.07) is 9.57. The highest BCUT2D eigenvalue weighted by Crippen LogP contribution is 2.16. The van der Waals surface area contributed by atoms with E-state index in [0.717, 1.165) is 5.56 Å². The third-order valence-electron chi connectivity index (χ3n) is 2.83. The normalized spacial score (nSPS) is 9.95. The largest absolute Gasteiger partial charge is 0.472 e. The van der Waals surface area contributed by atoms with Crippen LogP contribution in [0.15, 0.2) is 36.7 Å². The highest BCUT2D eigenvalue weighted by Gasteiger charge is 2.05. The van der Waals surface area contributed by atoms with Crippen molar-refractivity contribution in [2.75, 3.05) is 18.5 Å². The third-order valence-corrected chi connectivity index (χ3v) is 3.06. The zero-order valence-corrected chi connectivity index (χ0v) is 12.4. The van der Waals surface area contributed by atoms with E-state index in [4.69, 9.17) is 21.6 Å². The van der Waals surface area contributed by atoms with Crippen LogP contribution in [0.25, 0.3) is 0 Å². The first kappa shape index (κ1) is 15.1. The predicted molar refractivity (Wildman–Crippen MR) is 81.3 cm³/mol. The number of halogens is 1. The number of nitriles is 1. The van der Waals surface area contributed by atoms with Gasteiger partial charge >= 0.3 is 0 Å². The van der Waals surface area contributed by atoms with Crippen LogP contribution in [-0.2, 0) is 6.61 Å². The second kappa shape index (κ2) is 7.46. The molecule has 0 N–H and O–H groups in total. The lowest BCUT2D eigenvalue weighted by atomic mass is 10.2. The Morgan fingerprint density at radius 1 is 1.38 bits per heavy atom. The lowest BCUT2D eigenvalue weighted by Gasteiger charge is -2.16. The maximum atomic E-state index is 8.60. The molecule has 0 saturated carbocycles. The van der Waals surface area contributed by atoms with Crippen molar-refractivity contribution < 1.29 is 4.74 Å². The molecule has 21 heavy (non-hydrogen) atoms. The number of aromatic nitrogens is 2. The van der Waals surface area contributed by atoms with E-state index in [1.165, 1.54) is 0 Å². The molecule has 6 heteroatoms. The van der Waals surface area contributed by atoms with Crippen molar-refractivity contribution in [3.63, 3.8) is 0 Å². The number of hydrogen-bond acceptors (Lipinski definition) is 5. The zero-order chi connectivity index (χ0) is 15.1. The van der Waals surface area contributed by atoms with Gasteiger partial charge in [0.05, 0.1) is 24.9 Å². The van der Waals surface area contributed by atoms with Crippen LogP contribution in [0, 0.1) is 11.3 Å². The van der Waals surface area contributed by atoms with Crippen molar-refractivity contribution in [3.05, 3.63) is 47.2 Å². The topological polar surface area (TPSA) is 62.0 Å². The average molecular weight is 303 g/mol. The van der Waals surface area contributed by atoms with Gasteiger partial charge in [-0.2, -0.15) is 10.2 Å². The molecule has 2 aromatic rings. The molecule has 0 aliphatic rings. The first-order valence-electron chi connectivity index (χ1n) is 6.46. The molecule has 5 nitrogen and oxygen atoms in total. The first-order valence-corrected chi connectivity index (χ1v) is 6.84. The number of ether oxygens (including phenoxy) is 1. The summed E-state index contributed by atoms with van der Waals surface area (Å²) in [6.07, 6.45) is 3.64. The summed E-state index contributed by atoms with van der Waals surface area (Å²) in [7, 11) is 1.86. The van der Waals surface area contributed by atoms with Gasteiger partial charge in [0.2, 0.25) is 5.88 Å². The fraction of sp³-hybridized carbons (Fsp3) is 0.267. The molecule has 1 aromatic carbocycles. The van der Waals surface area contributed by atoms with Crippen LogP contribution < -0.4 is 9.64 Å². The monoisotopic (exact) mass is 302 g/mol. The van der Waals surface area contributed by atoms with E-state index >= 15 is 0 Å². The van der Waals surface area contributed by atoms with Crippen LogP contribution in [-0.4, -0.2) is 23.6 Å². The molecule has 0 saturated heterocycles. The van der Waals surface area contributed by atoms with Crippen LogP contribution in [0.3, 0.4) is 0 Å². The summed E-state index contributed by atoms with van der Waals surface area (Å²) in [5.41, 5.74) is 0.965. The Balaban J connectivity index is 1.99. The minimum absolute atomic E-state index is 0.376. The van der Waals surface area contributed by atoms with Crippen LogP contribution in [0.5, 0.6) is 5.88 Å². The van der Waals surface area contributed by atoms with Crippen molar-refractivity contribution in [2.24, 2.45) is 0 Å². The summed E-state index contributed by atoms with van der Waals surface area (Å²) in [5, 5.41) is 9.27. The van der Waals surface area contributed by atoms with Gasteiger partial charge in [-0.05, 0) is 17.7 Å². The molecule has 0 fully saturated rings. The summed E-state index contributed by atoms with van der Waals surface area (Å²) >= 11 is 5.93. The fourth-order valence-corrected chi connectivity index (χ4v) is 1.92. The molecule has 0 bridgehead atoms. The highest BCUT2D eigenvalue weighted by molar-refractivity contribution is 6.30. The molecule has 0 radical (unpaired) electrons. The highest BCUT2D eigenvalue weighted by atomic mass is 35.5. The van der Waals surface area contributed by atoms with Crippen molar-refractivity contribution in [1.29, 1.82) is 5.26 Å².